The number of nitrogens with zero attached hydrogens (tertiary/aromatic N) is 3. The first kappa shape index (κ1) is 23.5. The van der Waals surface area contributed by atoms with E-state index in [1.54, 1.807) is 12.0 Å². The number of nitrogen functional groups attached to an aromatic ring is 1. The maximum Gasteiger partial charge on any atom is 0.324 e. The van der Waals surface area contributed by atoms with Crippen molar-refractivity contribution in [2.75, 3.05) is 30.7 Å². The molecular weight excluding hydrogens is 430 g/mol. The average molecular weight is 462 g/mol. The molecule has 3 N–H and O–H groups in total. The number of anilines is 2. The van der Waals surface area contributed by atoms with Crippen molar-refractivity contribution in [2.45, 2.75) is 32.8 Å². The maximum absolute atomic E-state index is 11.5. The molecule has 0 aliphatic carbocycles. The van der Waals surface area contributed by atoms with E-state index in [1.165, 1.54) is 6.33 Å². The smallest absolute Gasteiger partial charge is 0.324 e. The lowest BCUT2D eigenvalue weighted by molar-refractivity contribution is -0.196. The van der Waals surface area contributed by atoms with Crippen molar-refractivity contribution in [3.63, 3.8) is 0 Å². The molecule has 0 atom stereocenters. The van der Waals surface area contributed by atoms with E-state index >= 15 is 0 Å². The van der Waals surface area contributed by atoms with Gasteiger partial charge in [0.05, 0.1) is 5.56 Å². The molecule has 2 aromatic carbocycles. The third-order valence-corrected chi connectivity index (χ3v) is 5.92. The van der Waals surface area contributed by atoms with Gasteiger partial charge in [-0.1, -0.05) is 49.4 Å². The van der Waals surface area contributed by atoms with E-state index in [2.05, 4.69) is 15.3 Å². The van der Waals surface area contributed by atoms with Gasteiger partial charge in [-0.2, -0.15) is 0 Å². The average Bonchev–Trinajstić information content (AvgIpc) is 2.88. The number of rotatable bonds is 9. The van der Waals surface area contributed by atoms with Gasteiger partial charge in [0.2, 0.25) is 0 Å². The van der Waals surface area contributed by atoms with E-state index < -0.39 is 0 Å². The van der Waals surface area contributed by atoms with Gasteiger partial charge in [-0.25, -0.2) is 9.97 Å². The molecule has 1 aromatic heterocycles. The fourth-order valence-corrected chi connectivity index (χ4v) is 3.93. The van der Waals surface area contributed by atoms with Crippen molar-refractivity contribution < 1.29 is 14.4 Å². The summed E-state index contributed by atoms with van der Waals surface area (Å²) in [7, 11) is 0. The molecule has 1 aliphatic heterocycles. The number of aromatic nitrogens is 2. The molecule has 34 heavy (non-hydrogen) atoms. The van der Waals surface area contributed by atoms with E-state index in [4.69, 9.17) is 15.3 Å². The summed E-state index contributed by atoms with van der Waals surface area (Å²) in [6.07, 6.45) is 3.74. The van der Waals surface area contributed by atoms with Crippen LogP contribution in [0.1, 0.15) is 31.7 Å². The monoisotopic (exact) mass is 461 g/mol. The van der Waals surface area contributed by atoms with Crippen molar-refractivity contribution in [2.24, 2.45) is 5.92 Å². The van der Waals surface area contributed by atoms with Gasteiger partial charge in [0, 0.05) is 26.1 Å². The number of hydrogen-bond acceptors (Lipinski definition) is 8. The fraction of sp³-hybridized carbons (Fsp3) is 0.346. The van der Waals surface area contributed by atoms with Gasteiger partial charge in [-0.05, 0) is 42.0 Å². The molecule has 1 aliphatic rings. The molecule has 3 aromatic rings. The SMILES string of the molecule is CCC(=O)ON1CCC(CNc2ncnc(N)c2-c2ccc(OCc3ccccc3)cc2)CC1. The topological polar surface area (TPSA) is 103 Å². The number of hydroxylamine groups is 2. The number of piperidine rings is 1. The Hall–Kier alpha value is -3.65. The minimum Gasteiger partial charge on any atom is -0.489 e. The predicted molar refractivity (Wildman–Crippen MR) is 132 cm³/mol. The third-order valence-electron chi connectivity index (χ3n) is 5.92. The van der Waals surface area contributed by atoms with Crippen molar-refractivity contribution in [3.05, 3.63) is 66.5 Å². The Balaban J connectivity index is 1.36. The van der Waals surface area contributed by atoms with E-state index in [1.807, 2.05) is 54.6 Å². The standard InChI is InChI=1S/C26H31N5O3/c1-2-23(32)34-31-14-12-19(13-15-31)16-28-26-24(25(27)29-18-30-26)21-8-10-22(11-9-21)33-17-20-6-4-3-5-7-20/h3-11,18-19H,2,12-17H2,1H3,(H3,27,28,29,30). The summed E-state index contributed by atoms with van der Waals surface area (Å²) < 4.78 is 5.90. The summed E-state index contributed by atoms with van der Waals surface area (Å²) in [5.74, 6) is 2.19. The van der Waals surface area contributed by atoms with Crippen molar-refractivity contribution in [3.8, 4) is 16.9 Å². The van der Waals surface area contributed by atoms with Crippen LogP contribution in [0.5, 0.6) is 5.75 Å². The molecule has 0 amide bonds. The highest BCUT2D eigenvalue weighted by molar-refractivity contribution is 5.83. The number of benzene rings is 2. The first-order valence-electron chi connectivity index (χ1n) is 11.7. The number of carbonyl (C=O) groups excluding carboxylic acids is 1. The predicted octanol–water partition coefficient (Wildman–Crippen LogP) is 4.30. The van der Waals surface area contributed by atoms with Crippen LogP contribution in [-0.4, -0.2) is 40.6 Å². The first-order chi connectivity index (χ1) is 16.6. The van der Waals surface area contributed by atoms with Gasteiger partial charge in [-0.15, -0.1) is 5.06 Å². The zero-order chi connectivity index (χ0) is 23.8. The van der Waals surface area contributed by atoms with Gasteiger partial charge in [0.15, 0.2) is 0 Å². The Bertz CT molecular complexity index is 1070. The zero-order valence-electron chi connectivity index (χ0n) is 19.4. The Morgan fingerprint density at radius 2 is 1.82 bits per heavy atom. The number of carbonyl (C=O) groups is 1. The Morgan fingerprint density at radius 1 is 1.09 bits per heavy atom. The summed E-state index contributed by atoms with van der Waals surface area (Å²) >= 11 is 0. The van der Waals surface area contributed by atoms with Gasteiger partial charge in [0.1, 0.15) is 30.3 Å². The van der Waals surface area contributed by atoms with E-state index in [-0.39, 0.29) is 5.97 Å². The van der Waals surface area contributed by atoms with Crippen LogP contribution in [0.15, 0.2) is 60.9 Å². The number of nitrogens with two attached hydrogens (primary N) is 1. The molecule has 0 spiro atoms. The number of ether oxygens (including phenoxy) is 1. The fourth-order valence-electron chi connectivity index (χ4n) is 3.93. The van der Waals surface area contributed by atoms with Crippen LogP contribution in [0, 0.1) is 5.92 Å². The molecule has 0 unspecified atom stereocenters. The van der Waals surface area contributed by atoms with Crippen LogP contribution < -0.4 is 15.8 Å². The second-order valence-corrected chi connectivity index (χ2v) is 8.35. The van der Waals surface area contributed by atoms with Crippen LogP contribution in [0.3, 0.4) is 0 Å². The van der Waals surface area contributed by atoms with Crippen molar-refractivity contribution in [1.82, 2.24) is 15.0 Å². The van der Waals surface area contributed by atoms with Crippen LogP contribution in [-0.2, 0) is 16.2 Å². The van der Waals surface area contributed by atoms with Crippen LogP contribution in [0.4, 0.5) is 11.6 Å². The summed E-state index contributed by atoms with van der Waals surface area (Å²) in [5, 5.41) is 5.22. The minimum absolute atomic E-state index is 0.186. The Labute approximate surface area is 200 Å². The van der Waals surface area contributed by atoms with E-state index in [0.717, 1.165) is 54.9 Å². The van der Waals surface area contributed by atoms with Gasteiger partial charge in [-0.3, -0.25) is 4.79 Å². The van der Waals surface area contributed by atoms with Crippen LogP contribution in [0.2, 0.25) is 0 Å². The lowest BCUT2D eigenvalue weighted by Crippen LogP contribution is -2.37. The molecular formula is C26H31N5O3. The van der Waals surface area contributed by atoms with Crippen LogP contribution >= 0.6 is 0 Å². The second kappa shape index (κ2) is 11.5. The molecule has 0 radical (unpaired) electrons. The maximum atomic E-state index is 11.5. The largest absolute Gasteiger partial charge is 0.489 e. The zero-order valence-corrected chi connectivity index (χ0v) is 19.4. The van der Waals surface area contributed by atoms with Crippen molar-refractivity contribution >= 4 is 17.6 Å². The van der Waals surface area contributed by atoms with Gasteiger partial charge >= 0.3 is 5.97 Å². The summed E-state index contributed by atoms with van der Waals surface area (Å²) in [4.78, 5) is 25.5. The molecule has 0 bridgehead atoms. The summed E-state index contributed by atoms with van der Waals surface area (Å²) in [6.45, 7) is 4.55. The lowest BCUT2D eigenvalue weighted by Gasteiger charge is -2.30. The van der Waals surface area contributed by atoms with Crippen molar-refractivity contribution in [1.29, 1.82) is 0 Å². The molecule has 1 saturated heterocycles. The molecule has 0 saturated carbocycles. The minimum atomic E-state index is -0.186. The first-order valence-corrected chi connectivity index (χ1v) is 11.7. The normalized spacial score (nSPS) is 14.5. The highest BCUT2D eigenvalue weighted by atomic mass is 16.7. The molecule has 8 nitrogen and oxygen atoms in total. The highest BCUT2D eigenvalue weighted by Gasteiger charge is 2.22. The highest BCUT2D eigenvalue weighted by Crippen LogP contribution is 2.32. The second-order valence-electron chi connectivity index (χ2n) is 8.35. The van der Waals surface area contributed by atoms with E-state index in [9.17, 15) is 4.79 Å². The Morgan fingerprint density at radius 3 is 2.53 bits per heavy atom. The van der Waals surface area contributed by atoms with Gasteiger partial charge < -0.3 is 20.6 Å². The van der Waals surface area contributed by atoms with E-state index in [0.29, 0.717) is 30.6 Å². The summed E-state index contributed by atoms with van der Waals surface area (Å²) in [5.41, 5.74) is 9.06. The Kier molecular flexibility index (Phi) is 7.93. The molecule has 178 valence electrons. The van der Waals surface area contributed by atoms with Gasteiger partial charge in [0.25, 0.3) is 0 Å². The molecule has 8 heteroatoms. The molecule has 4 rings (SSSR count). The number of hydrogen-bond donors (Lipinski definition) is 2. The third kappa shape index (κ3) is 6.23. The molecule has 2 heterocycles. The molecule has 1 fully saturated rings. The van der Waals surface area contributed by atoms with Crippen LogP contribution in [0.25, 0.3) is 11.1 Å². The number of nitrogens with one attached hydrogen (secondary N) is 1. The summed E-state index contributed by atoms with van der Waals surface area (Å²) in [6, 6.07) is 17.9. The lowest BCUT2D eigenvalue weighted by atomic mass is 9.97. The quantitative estimate of drug-likeness (QED) is 0.486.